The van der Waals surface area contributed by atoms with Gasteiger partial charge >= 0.3 is 11.9 Å². The summed E-state index contributed by atoms with van der Waals surface area (Å²) >= 11 is 0. The predicted molar refractivity (Wildman–Crippen MR) is 220 cm³/mol. The van der Waals surface area contributed by atoms with Gasteiger partial charge in [-0.1, -0.05) is 111 Å². The van der Waals surface area contributed by atoms with Gasteiger partial charge in [0.1, 0.15) is 11.5 Å². The number of rotatable bonds is 17. The second kappa shape index (κ2) is 20.1. The van der Waals surface area contributed by atoms with Crippen LogP contribution in [0.15, 0.2) is 146 Å². The number of esters is 2. The second-order valence-corrected chi connectivity index (χ2v) is 13.9. The van der Waals surface area contributed by atoms with Crippen LogP contribution >= 0.6 is 0 Å². The minimum atomic E-state index is -0.389. The Kier molecular flexibility index (Phi) is 14.0. The van der Waals surface area contributed by atoms with Crippen LogP contribution in [0.3, 0.4) is 0 Å². The van der Waals surface area contributed by atoms with Crippen LogP contribution in [0.5, 0.6) is 11.5 Å². The van der Waals surface area contributed by atoms with Gasteiger partial charge in [0.15, 0.2) is 0 Å². The Labute approximate surface area is 329 Å². The summed E-state index contributed by atoms with van der Waals surface area (Å²) < 4.78 is 11.2. The molecule has 0 bridgehead atoms. The van der Waals surface area contributed by atoms with E-state index in [4.69, 9.17) is 20.0 Å². The van der Waals surface area contributed by atoms with Crippen LogP contribution in [0.1, 0.15) is 94.3 Å². The number of nitriles is 2. The smallest absolute Gasteiger partial charge is 0.343 e. The normalized spacial score (nSPS) is 10.6. The second-order valence-electron chi connectivity index (χ2n) is 13.9. The van der Waals surface area contributed by atoms with Crippen molar-refractivity contribution < 1.29 is 19.1 Å². The van der Waals surface area contributed by atoms with Crippen molar-refractivity contribution in [1.29, 1.82) is 10.5 Å². The minimum Gasteiger partial charge on any atom is -0.423 e. The van der Waals surface area contributed by atoms with E-state index in [1.807, 2.05) is 97.1 Å². The van der Waals surface area contributed by atoms with Crippen LogP contribution in [0.25, 0.3) is 22.3 Å². The molecular weight excluding hydrogens is 693 g/mol. The molecule has 0 atom stereocenters. The topological polar surface area (TPSA) is 100 Å². The quantitative estimate of drug-likeness (QED) is 0.0525. The van der Waals surface area contributed by atoms with Crippen LogP contribution in [-0.2, 0) is 12.8 Å². The highest BCUT2D eigenvalue weighted by Crippen LogP contribution is 2.24. The minimum absolute atomic E-state index is 0.389. The van der Waals surface area contributed by atoms with Gasteiger partial charge in [0, 0.05) is 0 Å². The molecule has 6 heteroatoms. The maximum absolute atomic E-state index is 12.7. The van der Waals surface area contributed by atoms with Crippen molar-refractivity contribution in [3.05, 3.63) is 179 Å². The Morgan fingerprint density at radius 1 is 0.375 bits per heavy atom. The van der Waals surface area contributed by atoms with E-state index in [0.29, 0.717) is 33.8 Å². The van der Waals surface area contributed by atoms with Gasteiger partial charge in [-0.15, -0.1) is 0 Å². The van der Waals surface area contributed by atoms with Crippen LogP contribution in [-0.4, -0.2) is 11.9 Å². The Morgan fingerprint density at radius 3 is 0.964 bits per heavy atom. The van der Waals surface area contributed by atoms with Crippen LogP contribution in [0.2, 0.25) is 0 Å². The van der Waals surface area contributed by atoms with E-state index in [1.54, 1.807) is 48.5 Å². The third kappa shape index (κ3) is 11.4. The monoisotopic (exact) mass is 736 g/mol. The highest BCUT2D eigenvalue weighted by atomic mass is 16.5. The number of carbonyl (C=O) groups excluding carboxylic acids is 2. The molecule has 0 aliphatic rings. The largest absolute Gasteiger partial charge is 0.423 e. The molecule has 6 aromatic rings. The number of benzene rings is 6. The maximum atomic E-state index is 12.7. The van der Waals surface area contributed by atoms with E-state index < -0.39 is 0 Å². The summed E-state index contributed by atoms with van der Waals surface area (Å²) in [5, 5.41) is 18.0. The number of aryl methyl sites for hydroxylation is 2. The molecule has 6 rings (SSSR count). The number of unbranched alkanes of at least 4 members (excludes halogenated alkanes) is 7. The van der Waals surface area contributed by atoms with Gasteiger partial charge in [0.05, 0.1) is 34.4 Å². The highest BCUT2D eigenvalue weighted by molar-refractivity contribution is 5.92. The van der Waals surface area contributed by atoms with Crippen molar-refractivity contribution in [3.8, 4) is 45.9 Å². The van der Waals surface area contributed by atoms with Crippen molar-refractivity contribution in [2.24, 2.45) is 0 Å². The van der Waals surface area contributed by atoms with Crippen LogP contribution < -0.4 is 9.47 Å². The summed E-state index contributed by atoms with van der Waals surface area (Å²) in [5.74, 6) is 0.294. The number of ether oxygens (including phenoxy) is 2. The van der Waals surface area contributed by atoms with Gasteiger partial charge in [-0.05, 0) is 132 Å². The first kappa shape index (κ1) is 38.9. The Balaban J connectivity index is 0.799. The third-order valence-corrected chi connectivity index (χ3v) is 9.88. The van der Waals surface area contributed by atoms with E-state index in [9.17, 15) is 9.59 Å². The lowest BCUT2D eigenvalue weighted by Gasteiger charge is -2.08. The van der Waals surface area contributed by atoms with E-state index in [0.717, 1.165) is 47.9 Å². The molecule has 278 valence electrons. The molecule has 56 heavy (non-hydrogen) atoms. The molecule has 0 amide bonds. The SMILES string of the molecule is N#Cc1ccc(-c2ccc(C(=O)Oc3ccc(CCCCCCCCCCc4ccc(OC(=O)c5ccc(-c6ccc(C#N)cc6)cc5)cc4)cc3)cc2)cc1. The fourth-order valence-corrected chi connectivity index (χ4v) is 6.57. The molecule has 0 N–H and O–H groups in total. The fourth-order valence-electron chi connectivity index (χ4n) is 6.57. The molecule has 0 unspecified atom stereocenters. The first-order chi connectivity index (χ1) is 27.5. The Bertz CT molecular complexity index is 2100. The molecule has 0 saturated heterocycles. The van der Waals surface area contributed by atoms with Gasteiger partial charge in [-0.25, -0.2) is 9.59 Å². The van der Waals surface area contributed by atoms with Gasteiger partial charge in [0.2, 0.25) is 0 Å². The van der Waals surface area contributed by atoms with Crippen molar-refractivity contribution in [2.45, 2.75) is 64.2 Å². The number of hydrogen-bond donors (Lipinski definition) is 0. The average Bonchev–Trinajstić information content (AvgIpc) is 3.25. The average molecular weight is 737 g/mol. The summed E-state index contributed by atoms with van der Waals surface area (Å²) in [6, 6.07) is 49.2. The van der Waals surface area contributed by atoms with E-state index in [1.165, 1.54) is 49.7 Å². The molecule has 6 aromatic carbocycles. The molecule has 6 nitrogen and oxygen atoms in total. The van der Waals surface area contributed by atoms with E-state index in [2.05, 4.69) is 12.1 Å². The number of carbonyl (C=O) groups is 2. The van der Waals surface area contributed by atoms with Crippen molar-refractivity contribution in [2.75, 3.05) is 0 Å². The molecule has 0 radical (unpaired) electrons. The van der Waals surface area contributed by atoms with Crippen LogP contribution in [0.4, 0.5) is 0 Å². The Morgan fingerprint density at radius 2 is 0.661 bits per heavy atom. The predicted octanol–water partition coefficient (Wildman–Crippen LogP) is 12.1. The van der Waals surface area contributed by atoms with Crippen molar-refractivity contribution in [1.82, 2.24) is 0 Å². The lowest BCUT2D eigenvalue weighted by molar-refractivity contribution is 0.0725. The van der Waals surface area contributed by atoms with Gasteiger partial charge in [0.25, 0.3) is 0 Å². The first-order valence-electron chi connectivity index (χ1n) is 19.3. The third-order valence-electron chi connectivity index (χ3n) is 9.88. The number of nitrogens with zero attached hydrogens (tertiary/aromatic N) is 2. The highest BCUT2D eigenvalue weighted by Gasteiger charge is 2.11. The van der Waals surface area contributed by atoms with Crippen molar-refractivity contribution in [3.63, 3.8) is 0 Å². The zero-order valence-corrected chi connectivity index (χ0v) is 31.5. The lowest BCUT2D eigenvalue weighted by Crippen LogP contribution is -2.08. The summed E-state index contributed by atoms with van der Waals surface area (Å²) in [5.41, 5.74) is 8.59. The van der Waals surface area contributed by atoms with E-state index >= 15 is 0 Å². The van der Waals surface area contributed by atoms with Gasteiger partial charge < -0.3 is 9.47 Å². The van der Waals surface area contributed by atoms with E-state index in [-0.39, 0.29) is 11.9 Å². The molecule has 0 aliphatic carbocycles. The molecule has 0 aromatic heterocycles. The maximum Gasteiger partial charge on any atom is 0.343 e. The van der Waals surface area contributed by atoms with Gasteiger partial charge in [-0.3, -0.25) is 0 Å². The van der Waals surface area contributed by atoms with Crippen LogP contribution in [0, 0.1) is 22.7 Å². The summed E-state index contributed by atoms with van der Waals surface area (Å²) in [6.07, 6.45) is 11.7. The molecule has 0 heterocycles. The molecule has 0 fully saturated rings. The fraction of sp³-hybridized carbons (Fsp3) is 0.200. The standard InChI is InChI=1S/C50H44N2O4/c51-35-39-11-19-41(20-12-39)43-23-27-45(28-24-43)49(53)55-47-31-15-37(16-32-47)9-7-5-3-1-2-4-6-8-10-38-17-33-48(34-18-38)56-50(54)46-29-25-44(26-30-46)42-21-13-40(36-52)14-22-42/h11-34H,1-10H2. The summed E-state index contributed by atoms with van der Waals surface area (Å²) in [6.45, 7) is 0. The van der Waals surface area contributed by atoms with Crippen molar-refractivity contribution >= 4 is 11.9 Å². The van der Waals surface area contributed by atoms with Gasteiger partial charge in [-0.2, -0.15) is 10.5 Å². The Hall–Kier alpha value is -6.76. The zero-order chi connectivity index (χ0) is 39.0. The number of hydrogen-bond acceptors (Lipinski definition) is 6. The summed E-state index contributed by atoms with van der Waals surface area (Å²) in [7, 11) is 0. The summed E-state index contributed by atoms with van der Waals surface area (Å²) in [4.78, 5) is 25.4. The zero-order valence-electron chi connectivity index (χ0n) is 31.5. The lowest BCUT2D eigenvalue weighted by atomic mass is 10.0. The molecule has 0 aliphatic heterocycles. The first-order valence-corrected chi connectivity index (χ1v) is 19.3. The molecule has 0 spiro atoms. The molecular formula is C50H44N2O4. The molecule has 0 saturated carbocycles.